The maximum atomic E-state index is 4.25. The van der Waals surface area contributed by atoms with Gasteiger partial charge in [-0.2, -0.15) is 11.8 Å². The maximum Gasteiger partial charge on any atom is 0.0753 e. The summed E-state index contributed by atoms with van der Waals surface area (Å²) < 4.78 is 0. The van der Waals surface area contributed by atoms with E-state index in [-0.39, 0.29) is 6.04 Å². The van der Waals surface area contributed by atoms with Crippen molar-refractivity contribution in [3.8, 4) is 0 Å². The highest BCUT2D eigenvalue weighted by Gasteiger charge is 2.04. The second-order valence-electron chi connectivity index (χ2n) is 3.17. The van der Waals surface area contributed by atoms with E-state index in [2.05, 4.69) is 28.8 Å². The van der Waals surface area contributed by atoms with Crippen LogP contribution in [0.2, 0.25) is 0 Å². The molecule has 0 saturated carbocycles. The van der Waals surface area contributed by atoms with E-state index in [1.165, 1.54) is 0 Å². The first kappa shape index (κ1) is 12.2. The molecule has 0 aliphatic rings. The minimum Gasteiger partial charge on any atom is -0.308 e. The van der Waals surface area contributed by atoms with E-state index in [4.69, 9.17) is 0 Å². The molecule has 1 rings (SSSR count). The van der Waals surface area contributed by atoms with Crippen molar-refractivity contribution >= 4 is 11.8 Å². The molecule has 0 radical (unpaired) electrons. The number of rotatable bonds is 7. The van der Waals surface area contributed by atoms with E-state index in [0.29, 0.717) is 0 Å². The molecule has 0 amide bonds. The molecule has 1 atom stereocenters. The van der Waals surface area contributed by atoms with Gasteiger partial charge in [-0.05, 0) is 6.92 Å². The lowest BCUT2D eigenvalue weighted by Gasteiger charge is -2.11. The highest BCUT2D eigenvalue weighted by atomic mass is 32.2. The van der Waals surface area contributed by atoms with Crippen molar-refractivity contribution in [1.82, 2.24) is 15.3 Å². The Balaban J connectivity index is 2.19. The zero-order chi connectivity index (χ0) is 10.9. The van der Waals surface area contributed by atoms with Gasteiger partial charge in [0, 0.05) is 42.7 Å². The first-order chi connectivity index (χ1) is 7.34. The number of nitrogens with zero attached hydrogens (tertiary/aromatic N) is 2. The Morgan fingerprint density at radius 2 is 2.47 bits per heavy atom. The summed E-state index contributed by atoms with van der Waals surface area (Å²) in [7, 11) is 0. The Morgan fingerprint density at radius 1 is 1.60 bits per heavy atom. The molecule has 1 unspecified atom stereocenters. The molecule has 1 aromatic heterocycles. The highest BCUT2D eigenvalue weighted by Crippen LogP contribution is 2.06. The molecule has 82 valence electrons. The van der Waals surface area contributed by atoms with Crippen molar-refractivity contribution in [2.75, 3.05) is 18.1 Å². The molecule has 1 heterocycles. The topological polar surface area (TPSA) is 37.8 Å². The average molecular weight is 223 g/mol. The smallest absolute Gasteiger partial charge is 0.0753 e. The molecule has 3 nitrogen and oxygen atoms in total. The lowest BCUT2D eigenvalue weighted by atomic mass is 10.2. The van der Waals surface area contributed by atoms with E-state index in [0.717, 1.165) is 23.7 Å². The summed E-state index contributed by atoms with van der Waals surface area (Å²) in [5.41, 5.74) is 0.992. The van der Waals surface area contributed by atoms with Crippen molar-refractivity contribution in [3.05, 3.63) is 36.9 Å². The molecule has 0 saturated heterocycles. The number of thioether (sulfide) groups is 1. The minimum atomic E-state index is 0.267. The van der Waals surface area contributed by atoms with E-state index in [1.54, 1.807) is 18.6 Å². The van der Waals surface area contributed by atoms with E-state index >= 15 is 0 Å². The summed E-state index contributed by atoms with van der Waals surface area (Å²) in [4.78, 5) is 8.29. The fourth-order valence-electron chi connectivity index (χ4n) is 1.15. The zero-order valence-corrected chi connectivity index (χ0v) is 9.83. The molecule has 1 aromatic rings. The Bertz CT molecular complexity index is 276. The Hall–Kier alpha value is -0.870. The molecule has 0 fully saturated rings. The molecule has 15 heavy (non-hydrogen) atoms. The lowest BCUT2D eigenvalue weighted by molar-refractivity contribution is 0.584. The van der Waals surface area contributed by atoms with Gasteiger partial charge in [-0.25, -0.2) is 0 Å². The molecule has 0 aromatic carbocycles. The van der Waals surface area contributed by atoms with Gasteiger partial charge in [0.1, 0.15) is 0 Å². The molecule has 0 bridgehead atoms. The third kappa shape index (κ3) is 4.95. The summed E-state index contributed by atoms with van der Waals surface area (Å²) in [6.07, 6.45) is 7.14. The number of hydrogen-bond acceptors (Lipinski definition) is 4. The summed E-state index contributed by atoms with van der Waals surface area (Å²) in [6.45, 7) is 6.76. The fraction of sp³-hybridized carbons (Fsp3) is 0.455. The monoisotopic (exact) mass is 223 g/mol. The van der Waals surface area contributed by atoms with Crippen LogP contribution in [0.4, 0.5) is 0 Å². The second-order valence-corrected chi connectivity index (χ2v) is 4.32. The van der Waals surface area contributed by atoms with Crippen molar-refractivity contribution in [3.63, 3.8) is 0 Å². The molecule has 0 aliphatic carbocycles. The molecular formula is C11H17N3S. The van der Waals surface area contributed by atoms with Crippen LogP contribution in [0.3, 0.4) is 0 Å². The first-order valence-electron chi connectivity index (χ1n) is 5.02. The van der Waals surface area contributed by atoms with Gasteiger partial charge in [0.25, 0.3) is 0 Å². The predicted molar refractivity (Wildman–Crippen MR) is 66.0 cm³/mol. The summed E-state index contributed by atoms with van der Waals surface area (Å²) >= 11 is 1.87. The highest BCUT2D eigenvalue weighted by molar-refractivity contribution is 7.99. The molecule has 0 aliphatic heterocycles. The number of aromatic nitrogens is 2. The van der Waals surface area contributed by atoms with Crippen LogP contribution in [0.5, 0.6) is 0 Å². The van der Waals surface area contributed by atoms with Gasteiger partial charge in [0.2, 0.25) is 0 Å². The largest absolute Gasteiger partial charge is 0.308 e. The van der Waals surface area contributed by atoms with Gasteiger partial charge >= 0.3 is 0 Å². The van der Waals surface area contributed by atoms with Crippen LogP contribution in [0.15, 0.2) is 31.2 Å². The summed E-state index contributed by atoms with van der Waals surface area (Å²) in [5.74, 6) is 2.11. The van der Waals surface area contributed by atoms with E-state index < -0.39 is 0 Å². The Labute approximate surface area is 95.4 Å². The fourth-order valence-corrected chi connectivity index (χ4v) is 1.75. The minimum absolute atomic E-state index is 0.267. The Kier molecular flexibility index (Phi) is 6.04. The quantitative estimate of drug-likeness (QED) is 0.567. The van der Waals surface area contributed by atoms with Gasteiger partial charge in [-0.1, -0.05) is 6.08 Å². The van der Waals surface area contributed by atoms with Crippen LogP contribution in [-0.4, -0.2) is 28.0 Å². The van der Waals surface area contributed by atoms with Gasteiger partial charge in [-0.3, -0.25) is 9.97 Å². The number of nitrogens with one attached hydrogen (secondary N) is 1. The molecule has 1 N–H and O–H groups in total. The first-order valence-corrected chi connectivity index (χ1v) is 6.18. The summed E-state index contributed by atoms with van der Waals surface area (Å²) in [5, 5.41) is 3.40. The standard InChI is InChI=1S/C11H17N3S/c1-3-7-15-8-6-13-10(2)11-9-12-4-5-14-11/h3-5,9-10,13H,1,6-8H2,2H3. The van der Waals surface area contributed by atoms with Gasteiger partial charge in [0.05, 0.1) is 5.69 Å². The zero-order valence-electron chi connectivity index (χ0n) is 9.02. The van der Waals surface area contributed by atoms with Crippen molar-refractivity contribution < 1.29 is 0 Å². The van der Waals surface area contributed by atoms with Crippen molar-refractivity contribution in [2.24, 2.45) is 0 Å². The predicted octanol–water partition coefficient (Wildman–Crippen LogP) is 2.05. The van der Waals surface area contributed by atoms with Gasteiger partial charge in [-0.15, -0.1) is 6.58 Å². The van der Waals surface area contributed by atoms with Crippen LogP contribution in [-0.2, 0) is 0 Å². The third-order valence-corrected chi connectivity index (χ3v) is 2.92. The van der Waals surface area contributed by atoms with Crippen LogP contribution in [0, 0.1) is 0 Å². The lowest BCUT2D eigenvalue weighted by Crippen LogP contribution is -2.22. The van der Waals surface area contributed by atoms with Crippen molar-refractivity contribution in [2.45, 2.75) is 13.0 Å². The van der Waals surface area contributed by atoms with Crippen LogP contribution < -0.4 is 5.32 Å². The molecule has 0 spiro atoms. The average Bonchev–Trinajstić information content (AvgIpc) is 2.30. The van der Waals surface area contributed by atoms with Gasteiger partial charge < -0.3 is 5.32 Å². The maximum absolute atomic E-state index is 4.25. The number of hydrogen-bond donors (Lipinski definition) is 1. The summed E-state index contributed by atoms with van der Waals surface area (Å²) in [6, 6.07) is 0.267. The van der Waals surface area contributed by atoms with Crippen LogP contribution >= 0.6 is 11.8 Å². The second kappa shape index (κ2) is 7.43. The van der Waals surface area contributed by atoms with Crippen molar-refractivity contribution in [1.29, 1.82) is 0 Å². The Morgan fingerprint density at radius 3 is 3.13 bits per heavy atom. The normalized spacial score (nSPS) is 12.3. The third-order valence-electron chi connectivity index (χ3n) is 1.96. The SMILES string of the molecule is C=CCSCCNC(C)c1cnccn1. The van der Waals surface area contributed by atoms with Gasteiger partial charge in [0.15, 0.2) is 0 Å². The van der Waals surface area contributed by atoms with E-state index in [1.807, 2.05) is 17.8 Å². The van der Waals surface area contributed by atoms with Crippen LogP contribution in [0.1, 0.15) is 18.7 Å². The molecule has 4 heteroatoms. The molecular weight excluding hydrogens is 206 g/mol. The van der Waals surface area contributed by atoms with Crippen LogP contribution in [0.25, 0.3) is 0 Å². The van der Waals surface area contributed by atoms with E-state index in [9.17, 15) is 0 Å².